The fourth-order valence-corrected chi connectivity index (χ4v) is 1.65. The van der Waals surface area contributed by atoms with Crippen LogP contribution in [0.1, 0.15) is 0 Å². The van der Waals surface area contributed by atoms with E-state index in [-0.39, 0.29) is 0 Å². The Morgan fingerprint density at radius 2 is 2.38 bits per heavy atom. The number of anilines is 1. The largest absolute Gasteiger partial charge is 0.368 e. The van der Waals surface area contributed by atoms with Gasteiger partial charge in [0.2, 0.25) is 0 Å². The van der Waals surface area contributed by atoms with Crippen LogP contribution in [0.15, 0.2) is 18.5 Å². The summed E-state index contributed by atoms with van der Waals surface area (Å²) in [6, 6.07) is 2.51. The molecule has 1 saturated heterocycles. The van der Waals surface area contributed by atoms with Gasteiger partial charge in [-0.15, -0.1) is 0 Å². The molecule has 0 amide bonds. The lowest BCUT2D eigenvalue weighted by Gasteiger charge is -2.37. The summed E-state index contributed by atoms with van der Waals surface area (Å²) in [7, 11) is 2.06. The average molecular weight is 198 g/mol. The number of nitrogens with one attached hydrogen (secondary N) is 1. The SMILES string of the molecule is CN(c1ccncc1Cl)C1CNC1. The van der Waals surface area contributed by atoms with Gasteiger partial charge in [-0.3, -0.25) is 4.98 Å². The highest BCUT2D eigenvalue weighted by Gasteiger charge is 2.22. The summed E-state index contributed by atoms with van der Waals surface area (Å²) in [5.41, 5.74) is 1.06. The smallest absolute Gasteiger partial charge is 0.0822 e. The van der Waals surface area contributed by atoms with Gasteiger partial charge in [-0.05, 0) is 6.07 Å². The van der Waals surface area contributed by atoms with E-state index in [2.05, 4.69) is 22.2 Å². The third kappa shape index (κ3) is 1.62. The van der Waals surface area contributed by atoms with Crippen molar-refractivity contribution in [3.63, 3.8) is 0 Å². The summed E-state index contributed by atoms with van der Waals surface area (Å²) in [5, 5.41) is 3.95. The molecule has 1 fully saturated rings. The van der Waals surface area contributed by atoms with Crippen LogP contribution in [-0.4, -0.2) is 31.2 Å². The molecule has 1 aliphatic rings. The van der Waals surface area contributed by atoms with Crippen LogP contribution >= 0.6 is 11.6 Å². The Kier molecular flexibility index (Phi) is 2.38. The third-order valence-electron chi connectivity index (χ3n) is 2.44. The molecule has 3 nitrogen and oxygen atoms in total. The van der Waals surface area contributed by atoms with Crippen LogP contribution < -0.4 is 10.2 Å². The molecular weight excluding hydrogens is 186 g/mol. The van der Waals surface area contributed by atoms with E-state index in [9.17, 15) is 0 Å². The Labute approximate surface area is 82.7 Å². The molecule has 0 atom stereocenters. The molecule has 0 unspecified atom stereocenters. The van der Waals surface area contributed by atoms with E-state index < -0.39 is 0 Å². The highest BCUT2D eigenvalue weighted by molar-refractivity contribution is 6.33. The van der Waals surface area contributed by atoms with Crippen LogP contribution in [0.4, 0.5) is 5.69 Å². The first-order valence-electron chi connectivity index (χ1n) is 4.32. The second-order valence-corrected chi connectivity index (χ2v) is 3.66. The summed E-state index contributed by atoms with van der Waals surface area (Å²) in [6.07, 6.45) is 3.45. The fourth-order valence-electron chi connectivity index (χ4n) is 1.40. The fraction of sp³-hybridized carbons (Fsp3) is 0.444. The normalized spacial score (nSPS) is 16.8. The number of nitrogens with zero attached hydrogens (tertiary/aromatic N) is 2. The van der Waals surface area contributed by atoms with Gasteiger partial charge in [0.15, 0.2) is 0 Å². The van der Waals surface area contributed by atoms with E-state index in [4.69, 9.17) is 11.6 Å². The van der Waals surface area contributed by atoms with Crippen molar-refractivity contribution in [1.82, 2.24) is 10.3 Å². The minimum absolute atomic E-state index is 0.569. The molecule has 0 spiro atoms. The van der Waals surface area contributed by atoms with Gasteiger partial charge in [0.1, 0.15) is 0 Å². The predicted octanol–water partition coefficient (Wildman–Crippen LogP) is 1.14. The van der Waals surface area contributed by atoms with Gasteiger partial charge >= 0.3 is 0 Å². The quantitative estimate of drug-likeness (QED) is 0.771. The van der Waals surface area contributed by atoms with Gasteiger partial charge in [0.25, 0.3) is 0 Å². The number of rotatable bonds is 2. The molecule has 1 N–H and O–H groups in total. The van der Waals surface area contributed by atoms with Crippen LogP contribution in [0.25, 0.3) is 0 Å². The lowest BCUT2D eigenvalue weighted by molar-refractivity contribution is 0.429. The molecule has 4 heteroatoms. The van der Waals surface area contributed by atoms with E-state index >= 15 is 0 Å². The first-order chi connectivity index (χ1) is 6.29. The molecular formula is C9H12ClN3. The van der Waals surface area contributed by atoms with Crippen LogP contribution in [0.5, 0.6) is 0 Å². The molecule has 0 saturated carbocycles. The van der Waals surface area contributed by atoms with Crippen LogP contribution in [0, 0.1) is 0 Å². The maximum atomic E-state index is 6.02. The van der Waals surface area contributed by atoms with Crippen molar-refractivity contribution in [3.05, 3.63) is 23.5 Å². The molecule has 0 bridgehead atoms. The number of hydrogen-bond donors (Lipinski definition) is 1. The van der Waals surface area contributed by atoms with Crippen molar-refractivity contribution in [2.24, 2.45) is 0 Å². The number of pyridine rings is 1. The molecule has 0 aromatic carbocycles. The summed E-state index contributed by atoms with van der Waals surface area (Å²) in [6.45, 7) is 2.07. The van der Waals surface area contributed by atoms with Crippen molar-refractivity contribution in [1.29, 1.82) is 0 Å². The summed E-state index contributed by atoms with van der Waals surface area (Å²) < 4.78 is 0. The standard InChI is InChI=1S/C9H12ClN3/c1-13(7-4-12-5-7)9-2-3-11-6-8(9)10/h2-3,6-7,12H,4-5H2,1H3. The maximum Gasteiger partial charge on any atom is 0.0822 e. The lowest BCUT2D eigenvalue weighted by Crippen LogP contribution is -2.56. The molecule has 0 aliphatic carbocycles. The average Bonchev–Trinajstić information content (AvgIpc) is 2.01. The molecule has 1 aromatic heterocycles. The second-order valence-electron chi connectivity index (χ2n) is 3.25. The number of likely N-dealkylation sites (N-methyl/N-ethyl adjacent to an activating group) is 1. The molecule has 1 aromatic rings. The van der Waals surface area contributed by atoms with E-state index in [1.165, 1.54) is 0 Å². The minimum Gasteiger partial charge on any atom is -0.368 e. The summed E-state index contributed by atoms with van der Waals surface area (Å²) in [4.78, 5) is 6.15. The van der Waals surface area contributed by atoms with E-state index in [1.54, 1.807) is 12.4 Å². The molecule has 70 valence electrons. The zero-order valence-electron chi connectivity index (χ0n) is 7.50. The zero-order valence-corrected chi connectivity index (χ0v) is 8.25. The number of halogens is 1. The Morgan fingerprint density at radius 3 is 2.92 bits per heavy atom. The topological polar surface area (TPSA) is 28.2 Å². The van der Waals surface area contributed by atoms with Gasteiger partial charge in [-0.1, -0.05) is 11.6 Å². The lowest BCUT2D eigenvalue weighted by atomic mass is 10.1. The van der Waals surface area contributed by atoms with Gasteiger partial charge in [0, 0.05) is 32.5 Å². The van der Waals surface area contributed by atoms with Crippen molar-refractivity contribution in [3.8, 4) is 0 Å². The van der Waals surface area contributed by atoms with E-state index in [1.807, 2.05) is 6.07 Å². The first kappa shape index (κ1) is 8.78. The molecule has 1 aliphatic heterocycles. The zero-order chi connectivity index (χ0) is 9.26. The first-order valence-corrected chi connectivity index (χ1v) is 4.70. The summed E-state index contributed by atoms with van der Waals surface area (Å²) in [5.74, 6) is 0. The van der Waals surface area contributed by atoms with Crippen molar-refractivity contribution < 1.29 is 0 Å². The third-order valence-corrected chi connectivity index (χ3v) is 2.73. The summed E-state index contributed by atoms with van der Waals surface area (Å²) >= 11 is 6.02. The van der Waals surface area contributed by atoms with Gasteiger partial charge < -0.3 is 10.2 Å². The van der Waals surface area contributed by atoms with Crippen LogP contribution in [0.3, 0.4) is 0 Å². The second kappa shape index (κ2) is 3.52. The molecule has 13 heavy (non-hydrogen) atoms. The van der Waals surface area contributed by atoms with Crippen LogP contribution in [-0.2, 0) is 0 Å². The Hall–Kier alpha value is -0.800. The molecule has 0 radical (unpaired) electrons. The van der Waals surface area contributed by atoms with Crippen molar-refractivity contribution in [2.45, 2.75) is 6.04 Å². The van der Waals surface area contributed by atoms with Gasteiger partial charge in [0.05, 0.1) is 16.8 Å². The van der Waals surface area contributed by atoms with Gasteiger partial charge in [-0.2, -0.15) is 0 Å². The Bertz CT molecular complexity index is 299. The van der Waals surface area contributed by atoms with Gasteiger partial charge in [-0.25, -0.2) is 0 Å². The Morgan fingerprint density at radius 1 is 1.62 bits per heavy atom. The van der Waals surface area contributed by atoms with Crippen molar-refractivity contribution >= 4 is 17.3 Å². The van der Waals surface area contributed by atoms with E-state index in [0.717, 1.165) is 23.8 Å². The number of hydrogen-bond acceptors (Lipinski definition) is 3. The molecule has 2 heterocycles. The minimum atomic E-state index is 0.569. The Balaban J connectivity index is 2.18. The maximum absolute atomic E-state index is 6.02. The number of aromatic nitrogens is 1. The van der Waals surface area contributed by atoms with E-state index in [0.29, 0.717) is 6.04 Å². The predicted molar refractivity (Wildman–Crippen MR) is 54.3 cm³/mol. The monoisotopic (exact) mass is 197 g/mol. The van der Waals surface area contributed by atoms with Crippen molar-refractivity contribution in [2.75, 3.05) is 25.0 Å². The highest BCUT2D eigenvalue weighted by Crippen LogP contribution is 2.25. The molecule has 2 rings (SSSR count). The van der Waals surface area contributed by atoms with Crippen LogP contribution in [0.2, 0.25) is 5.02 Å². The highest BCUT2D eigenvalue weighted by atomic mass is 35.5.